The molecule has 1 aromatic carbocycles. The molecule has 1 atom stereocenters. The highest BCUT2D eigenvalue weighted by atomic mass is 16.5. The van der Waals surface area contributed by atoms with Gasteiger partial charge in [-0.15, -0.1) is 0 Å². The average Bonchev–Trinajstić information content (AvgIpc) is 2.35. The first kappa shape index (κ1) is 15.4. The summed E-state index contributed by atoms with van der Waals surface area (Å²) in [5.74, 6) is -0.922. The summed E-state index contributed by atoms with van der Waals surface area (Å²) in [6, 6.07) is 2.61. The lowest BCUT2D eigenvalue weighted by molar-refractivity contribution is -0.120. The maximum absolute atomic E-state index is 12.2. The number of ketones is 1. The van der Waals surface area contributed by atoms with Gasteiger partial charge >= 0.3 is 5.97 Å². The van der Waals surface area contributed by atoms with E-state index in [1.165, 1.54) is 6.07 Å². The number of ether oxygens (including phenoxy) is 1. The van der Waals surface area contributed by atoms with Gasteiger partial charge in [-0.2, -0.15) is 0 Å². The maximum Gasteiger partial charge on any atom is 0.342 e. The second-order valence-electron chi connectivity index (χ2n) is 5.52. The summed E-state index contributed by atoms with van der Waals surface area (Å²) < 4.78 is 5.24. The van der Waals surface area contributed by atoms with Gasteiger partial charge in [0.2, 0.25) is 0 Å². The van der Waals surface area contributed by atoms with Crippen LogP contribution in [-0.4, -0.2) is 28.1 Å². The van der Waals surface area contributed by atoms with Crippen LogP contribution in [-0.2, 0) is 16.0 Å². The summed E-state index contributed by atoms with van der Waals surface area (Å²) in [6.45, 7) is 1.67. The Kier molecular flexibility index (Phi) is 4.83. The minimum absolute atomic E-state index is 0.0747. The molecule has 1 aliphatic rings. The second kappa shape index (κ2) is 6.61. The van der Waals surface area contributed by atoms with E-state index < -0.39 is 12.1 Å². The molecule has 0 saturated heterocycles. The van der Waals surface area contributed by atoms with E-state index in [-0.39, 0.29) is 29.3 Å². The van der Waals surface area contributed by atoms with Crippen LogP contribution in [0.25, 0.3) is 0 Å². The lowest BCUT2D eigenvalue weighted by Gasteiger charge is -2.17. The van der Waals surface area contributed by atoms with Crippen molar-refractivity contribution in [3.8, 4) is 11.5 Å². The predicted octanol–water partition coefficient (Wildman–Crippen LogP) is 2.72. The molecule has 0 saturated carbocycles. The molecular weight excluding hydrogens is 272 g/mol. The van der Waals surface area contributed by atoms with Crippen LogP contribution in [0, 0.1) is 0 Å². The Balaban J connectivity index is 2.32. The molecule has 1 aliphatic heterocycles. The zero-order chi connectivity index (χ0) is 15.4. The summed E-state index contributed by atoms with van der Waals surface area (Å²) in [4.78, 5) is 23.9. The molecule has 0 fully saturated rings. The Morgan fingerprint density at radius 1 is 1.10 bits per heavy atom. The smallest absolute Gasteiger partial charge is 0.342 e. The Labute approximate surface area is 123 Å². The number of phenols is 2. The molecule has 1 heterocycles. The number of hydrogen-bond acceptors (Lipinski definition) is 5. The number of aromatic hydroxyl groups is 2. The zero-order valence-corrected chi connectivity index (χ0v) is 12.1. The standard InChI is InChI=1S/C16H20O5/c1-10-7-12(17)6-4-2-3-5-11-8-13(18)9-14(19)15(11)16(20)21-10/h8-10,18-19H,2-7H2,1H3. The number of rotatable bonds is 0. The Hall–Kier alpha value is -2.04. The van der Waals surface area contributed by atoms with E-state index in [9.17, 15) is 19.8 Å². The number of esters is 1. The molecule has 5 nitrogen and oxygen atoms in total. The molecule has 0 spiro atoms. The molecule has 0 bridgehead atoms. The van der Waals surface area contributed by atoms with E-state index in [2.05, 4.69) is 0 Å². The topological polar surface area (TPSA) is 83.8 Å². The first-order valence-corrected chi connectivity index (χ1v) is 7.25. The van der Waals surface area contributed by atoms with Gasteiger partial charge in [0.15, 0.2) is 0 Å². The molecule has 1 unspecified atom stereocenters. The highest BCUT2D eigenvalue weighted by Crippen LogP contribution is 2.30. The molecule has 21 heavy (non-hydrogen) atoms. The van der Waals surface area contributed by atoms with Gasteiger partial charge < -0.3 is 14.9 Å². The fourth-order valence-electron chi connectivity index (χ4n) is 2.62. The molecule has 0 amide bonds. The van der Waals surface area contributed by atoms with Crippen LogP contribution in [0.15, 0.2) is 12.1 Å². The van der Waals surface area contributed by atoms with Crippen molar-refractivity contribution in [2.45, 2.75) is 51.6 Å². The molecule has 2 N–H and O–H groups in total. The number of Topliss-reactive ketones (excluding diaryl/α,β-unsaturated/α-hetero) is 1. The molecular formula is C16H20O5. The van der Waals surface area contributed by atoms with Gasteiger partial charge in [0.05, 0.1) is 0 Å². The van der Waals surface area contributed by atoms with Crippen molar-refractivity contribution in [3.05, 3.63) is 23.3 Å². The van der Waals surface area contributed by atoms with Gasteiger partial charge in [-0.3, -0.25) is 4.79 Å². The second-order valence-corrected chi connectivity index (χ2v) is 5.52. The third-order valence-electron chi connectivity index (χ3n) is 3.61. The van der Waals surface area contributed by atoms with Crippen LogP contribution in [0.2, 0.25) is 0 Å². The summed E-state index contributed by atoms with van der Waals surface area (Å²) in [5.41, 5.74) is 0.671. The molecule has 0 aromatic heterocycles. The monoisotopic (exact) mass is 292 g/mol. The van der Waals surface area contributed by atoms with Gasteiger partial charge in [-0.05, 0) is 37.8 Å². The van der Waals surface area contributed by atoms with Crippen LogP contribution in [0.3, 0.4) is 0 Å². The lowest BCUT2D eigenvalue weighted by Crippen LogP contribution is -2.20. The van der Waals surface area contributed by atoms with Crippen molar-refractivity contribution in [3.63, 3.8) is 0 Å². The zero-order valence-electron chi connectivity index (χ0n) is 12.1. The van der Waals surface area contributed by atoms with E-state index in [0.29, 0.717) is 18.4 Å². The predicted molar refractivity (Wildman–Crippen MR) is 76.4 cm³/mol. The van der Waals surface area contributed by atoms with E-state index in [1.807, 2.05) is 0 Å². The van der Waals surface area contributed by atoms with Crippen LogP contribution in [0.5, 0.6) is 11.5 Å². The number of phenolic OH excluding ortho intramolecular Hbond substituents is 2. The van der Waals surface area contributed by atoms with Crippen molar-refractivity contribution >= 4 is 11.8 Å². The maximum atomic E-state index is 12.2. The fourth-order valence-corrected chi connectivity index (χ4v) is 2.62. The first-order valence-electron chi connectivity index (χ1n) is 7.25. The van der Waals surface area contributed by atoms with E-state index in [4.69, 9.17) is 4.74 Å². The minimum atomic E-state index is -0.650. The molecule has 1 aromatic rings. The minimum Gasteiger partial charge on any atom is -0.508 e. The molecule has 0 aliphatic carbocycles. The number of hydrogen-bond donors (Lipinski definition) is 2. The number of aryl methyl sites for hydroxylation is 1. The Morgan fingerprint density at radius 2 is 1.81 bits per heavy atom. The Morgan fingerprint density at radius 3 is 2.57 bits per heavy atom. The van der Waals surface area contributed by atoms with Gasteiger partial charge in [-0.1, -0.05) is 6.42 Å². The number of carbonyl (C=O) groups is 2. The van der Waals surface area contributed by atoms with Crippen LogP contribution < -0.4 is 0 Å². The van der Waals surface area contributed by atoms with Gasteiger partial charge in [0.1, 0.15) is 28.9 Å². The SMILES string of the molecule is CC1CC(=O)CCCCCc2cc(O)cc(O)c2C(=O)O1. The van der Waals surface area contributed by atoms with Crippen molar-refractivity contribution in [2.24, 2.45) is 0 Å². The highest BCUT2D eigenvalue weighted by molar-refractivity contribution is 5.94. The molecule has 2 rings (SSSR count). The van der Waals surface area contributed by atoms with Gasteiger partial charge in [0.25, 0.3) is 0 Å². The fraction of sp³-hybridized carbons (Fsp3) is 0.500. The van der Waals surface area contributed by atoms with Crippen LogP contribution in [0.4, 0.5) is 0 Å². The van der Waals surface area contributed by atoms with E-state index in [1.54, 1.807) is 6.92 Å². The quantitative estimate of drug-likeness (QED) is 0.718. The van der Waals surface area contributed by atoms with Crippen molar-refractivity contribution in [2.75, 3.05) is 0 Å². The summed E-state index contributed by atoms with van der Waals surface area (Å²) in [5, 5.41) is 19.5. The van der Waals surface area contributed by atoms with Gasteiger partial charge in [0, 0.05) is 18.9 Å². The molecule has 0 radical (unpaired) electrons. The number of cyclic esters (lactones) is 1. The Bertz CT molecular complexity index is 550. The molecule has 114 valence electrons. The average molecular weight is 292 g/mol. The largest absolute Gasteiger partial charge is 0.508 e. The van der Waals surface area contributed by atoms with Crippen molar-refractivity contribution in [1.82, 2.24) is 0 Å². The van der Waals surface area contributed by atoms with Crippen molar-refractivity contribution in [1.29, 1.82) is 0 Å². The number of carbonyl (C=O) groups excluding carboxylic acids is 2. The third-order valence-corrected chi connectivity index (χ3v) is 3.61. The summed E-state index contributed by atoms with van der Waals surface area (Å²) in [6.07, 6.45) is 3.18. The van der Waals surface area contributed by atoms with Crippen molar-refractivity contribution < 1.29 is 24.5 Å². The summed E-state index contributed by atoms with van der Waals surface area (Å²) >= 11 is 0. The number of benzene rings is 1. The van der Waals surface area contributed by atoms with Gasteiger partial charge in [-0.25, -0.2) is 4.79 Å². The summed E-state index contributed by atoms with van der Waals surface area (Å²) in [7, 11) is 0. The van der Waals surface area contributed by atoms with E-state index in [0.717, 1.165) is 25.3 Å². The van der Waals surface area contributed by atoms with Crippen LogP contribution >= 0.6 is 0 Å². The van der Waals surface area contributed by atoms with Crippen LogP contribution in [0.1, 0.15) is 54.9 Å². The highest BCUT2D eigenvalue weighted by Gasteiger charge is 2.22. The van der Waals surface area contributed by atoms with E-state index >= 15 is 0 Å². The lowest BCUT2D eigenvalue weighted by atomic mass is 9.98. The first-order chi connectivity index (χ1) is 9.97. The normalized spacial score (nSPS) is 20.9. The third kappa shape index (κ3) is 3.97. The molecule has 5 heteroatoms. The number of fused-ring (bicyclic) bond motifs is 1.